The van der Waals surface area contributed by atoms with E-state index >= 15 is 9.59 Å². The molecule has 24 nitrogen and oxygen atoms in total. The van der Waals surface area contributed by atoms with Crippen molar-refractivity contribution >= 4 is 59.1 Å². The van der Waals surface area contributed by atoms with Crippen LogP contribution in [0.1, 0.15) is 131 Å². The molecule has 0 unspecified atom stereocenters. The summed E-state index contributed by atoms with van der Waals surface area (Å²) >= 11 is 0. The summed E-state index contributed by atoms with van der Waals surface area (Å²) in [6.45, 7) is 14.7. The van der Waals surface area contributed by atoms with Crippen LogP contribution in [0.25, 0.3) is 0 Å². The number of hydrogen-bond acceptors (Lipinski definition) is 14. The third-order valence-corrected chi connectivity index (χ3v) is 15.8. The average Bonchev–Trinajstić information content (AvgIpc) is 4.01. The first-order chi connectivity index (χ1) is 39.9. The van der Waals surface area contributed by atoms with Crippen LogP contribution in [0.2, 0.25) is 0 Å². The molecule has 84 heavy (non-hydrogen) atoms. The molecule has 3 saturated heterocycles. The number of nitrogens with zero attached hydrogens (tertiary/aromatic N) is 4. The largest absolute Gasteiger partial charge is 0.343 e. The highest BCUT2D eigenvalue weighted by Gasteiger charge is 2.45. The Balaban J connectivity index is 1.62. The molecule has 0 aliphatic carbocycles. The third-order valence-electron chi connectivity index (χ3n) is 15.8. The molecule has 0 bridgehead atoms. The maximum atomic E-state index is 15.1. The number of carbonyl (C=O) groups is 10. The van der Waals surface area contributed by atoms with Crippen LogP contribution in [0.3, 0.4) is 0 Å². The summed E-state index contributed by atoms with van der Waals surface area (Å²) in [6.07, 6.45) is 1.75. The van der Waals surface area contributed by atoms with Crippen LogP contribution in [-0.4, -0.2) is 165 Å². The molecule has 3 heterocycles. The van der Waals surface area contributed by atoms with E-state index < -0.39 is 131 Å². The first-order valence-corrected chi connectivity index (χ1v) is 29.9. The molecule has 0 spiro atoms. The molecule has 3 aliphatic rings. The molecular weight excluding hydrogens is 1080 g/mol. The van der Waals surface area contributed by atoms with Crippen molar-refractivity contribution in [3.8, 4) is 0 Å². The van der Waals surface area contributed by atoms with Gasteiger partial charge in [0.1, 0.15) is 60.4 Å². The number of amides is 10. The van der Waals surface area contributed by atoms with Gasteiger partial charge in [-0.25, -0.2) is 11.7 Å². The van der Waals surface area contributed by atoms with E-state index in [1.807, 2.05) is 27.7 Å². The van der Waals surface area contributed by atoms with Crippen molar-refractivity contribution in [2.45, 2.75) is 193 Å². The molecule has 0 aromatic heterocycles. The predicted molar refractivity (Wildman–Crippen MR) is 316 cm³/mol. The molecule has 5 rings (SSSR count). The van der Waals surface area contributed by atoms with Crippen LogP contribution in [0.15, 0.2) is 60.7 Å². The summed E-state index contributed by atoms with van der Waals surface area (Å²) in [5, 5.41) is 18.5. The zero-order valence-electron chi connectivity index (χ0n) is 50.4. The number of rotatable bonds is 16. The van der Waals surface area contributed by atoms with Crippen LogP contribution in [0.5, 0.6) is 0 Å². The van der Waals surface area contributed by atoms with Gasteiger partial charge in [0.05, 0.1) is 0 Å². The first kappa shape index (κ1) is 67.8. The fraction of sp³-hybridized carbons (Fsp3) is 0.633. The molecule has 24 heteroatoms. The van der Waals surface area contributed by atoms with Crippen molar-refractivity contribution in [1.82, 2.24) is 51.7 Å². The van der Waals surface area contributed by atoms with E-state index in [1.54, 1.807) is 88.4 Å². The van der Waals surface area contributed by atoms with Gasteiger partial charge in [0.2, 0.25) is 47.3 Å². The van der Waals surface area contributed by atoms with Gasteiger partial charge in [0, 0.05) is 25.9 Å². The van der Waals surface area contributed by atoms with Gasteiger partial charge in [0.15, 0.2) is 0 Å². The zero-order chi connectivity index (χ0) is 61.9. The molecule has 14 N–H and O–H groups in total. The summed E-state index contributed by atoms with van der Waals surface area (Å²) in [6, 6.07) is 5.04. The molecule has 0 radical (unpaired) electrons. The zero-order valence-corrected chi connectivity index (χ0v) is 50.4. The summed E-state index contributed by atoms with van der Waals surface area (Å²) < 4.78 is 0. The molecule has 3 fully saturated rings. The molecule has 2 aromatic rings. The smallest absolute Gasteiger partial charge is 0.259 e. The number of hydrazine groups is 2. The lowest BCUT2D eigenvalue weighted by Crippen LogP contribution is -2.64. The molecule has 10 atom stereocenters. The number of nitrogens with one attached hydrogen (secondary N) is 6. The summed E-state index contributed by atoms with van der Waals surface area (Å²) in [5.41, 5.74) is 13.1. The Hall–Kier alpha value is -7.02. The van der Waals surface area contributed by atoms with Crippen molar-refractivity contribution in [2.24, 2.45) is 46.8 Å². The fourth-order valence-electron chi connectivity index (χ4n) is 11.1. The Bertz CT molecular complexity index is 2400. The highest BCUT2D eigenvalue weighted by Crippen LogP contribution is 2.25. The van der Waals surface area contributed by atoms with E-state index in [0.29, 0.717) is 24.0 Å². The van der Waals surface area contributed by atoms with Crippen molar-refractivity contribution in [1.29, 1.82) is 0 Å². The van der Waals surface area contributed by atoms with Crippen molar-refractivity contribution in [3.05, 3.63) is 71.8 Å². The highest BCUT2D eigenvalue weighted by atomic mass is 16.2. The summed E-state index contributed by atoms with van der Waals surface area (Å²) in [4.78, 5) is 150. The van der Waals surface area contributed by atoms with Crippen LogP contribution in [0.4, 0.5) is 0 Å². The molecule has 3 aliphatic heterocycles. The molecule has 0 saturated carbocycles. The normalized spacial score (nSPS) is 26.5. The maximum absolute atomic E-state index is 15.1. The van der Waals surface area contributed by atoms with E-state index in [1.165, 1.54) is 9.80 Å². The molecule has 464 valence electrons. The highest BCUT2D eigenvalue weighted by molar-refractivity contribution is 6.00. The Morgan fingerprint density at radius 3 is 1.08 bits per heavy atom. The second-order valence-corrected chi connectivity index (χ2v) is 24.1. The van der Waals surface area contributed by atoms with E-state index in [2.05, 4.69) is 31.9 Å². The molecular formula is C60H94N14O10. The standard InChI is InChI=1S/C60H94N14O10/c1-35(2)31-43-57(81)73(63)47(33-39-19-11-9-12-20-39)59(83)71-29-17-25-45(71)53(77)70-50(38(7)8)56(80)66-42(24-16-28-62)52(76)68-44(32-36(3)4)58(82)74(64)48(34-40-21-13-10-14-22-40)60(84)72-30-18-26-46(72)54(78)69-49(37(5)6)55(79)65-41(23-15-27-61)51(75)67-43/h9-14,19-22,35-38,41-50H,15-18,23-34,61-64H2,1-8H3,(H,65,79)(H,66,80)(H,67,75)(H,68,76)(H,69,78)(H,70,77)/t41-,42-,43-,44-,45-,46-,47+,48+,49-,50-/m0/s1. The Morgan fingerprint density at radius 1 is 0.440 bits per heavy atom. The third kappa shape index (κ3) is 18.5. The summed E-state index contributed by atoms with van der Waals surface area (Å²) in [5.74, 6) is 4.87. The van der Waals surface area contributed by atoms with Gasteiger partial charge in [-0.15, -0.1) is 0 Å². The van der Waals surface area contributed by atoms with Gasteiger partial charge in [0.25, 0.3) is 11.8 Å². The molecule has 10 amide bonds. The Morgan fingerprint density at radius 2 is 0.774 bits per heavy atom. The van der Waals surface area contributed by atoms with Gasteiger partial charge in [-0.05, 0) is 112 Å². The average molecular weight is 1170 g/mol. The van der Waals surface area contributed by atoms with Gasteiger partial charge >= 0.3 is 0 Å². The summed E-state index contributed by atoms with van der Waals surface area (Å²) in [7, 11) is 0. The van der Waals surface area contributed by atoms with Crippen LogP contribution >= 0.6 is 0 Å². The maximum Gasteiger partial charge on any atom is 0.259 e. The number of carbonyl (C=O) groups excluding carboxylic acids is 10. The predicted octanol–water partition coefficient (Wildman–Crippen LogP) is 0.400. The van der Waals surface area contributed by atoms with Gasteiger partial charge < -0.3 is 53.2 Å². The van der Waals surface area contributed by atoms with Crippen LogP contribution in [-0.2, 0) is 60.8 Å². The van der Waals surface area contributed by atoms with Crippen LogP contribution < -0.4 is 55.1 Å². The lowest BCUT2D eigenvalue weighted by Gasteiger charge is -2.36. The van der Waals surface area contributed by atoms with E-state index in [9.17, 15) is 38.4 Å². The lowest BCUT2D eigenvalue weighted by molar-refractivity contribution is -0.151. The van der Waals surface area contributed by atoms with Gasteiger partial charge in [-0.1, -0.05) is 116 Å². The minimum absolute atomic E-state index is 0.0349. The van der Waals surface area contributed by atoms with Gasteiger partial charge in [-0.2, -0.15) is 0 Å². The van der Waals surface area contributed by atoms with Crippen LogP contribution in [0, 0.1) is 23.7 Å². The Labute approximate surface area is 494 Å². The fourth-order valence-corrected chi connectivity index (χ4v) is 11.1. The van der Waals surface area contributed by atoms with Crippen molar-refractivity contribution in [3.63, 3.8) is 0 Å². The number of nitrogens with two attached hydrogens (primary N) is 4. The minimum atomic E-state index is -1.40. The minimum Gasteiger partial charge on any atom is -0.343 e. The molecule has 2 aromatic carbocycles. The van der Waals surface area contributed by atoms with Crippen molar-refractivity contribution < 1.29 is 47.9 Å². The quantitative estimate of drug-likeness (QED) is 0.0804. The van der Waals surface area contributed by atoms with Crippen molar-refractivity contribution in [2.75, 3.05) is 26.2 Å². The monoisotopic (exact) mass is 1170 g/mol. The van der Waals surface area contributed by atoms with E-state index in [4.69, 9.17) is 23.2 Å². The number of fused-ring (bicyclic) bond motifs is 2. The second-order valence-electron chi connectivity index (χ2n) is 24.1. The van der Waals surface area contributed by atoms with E-state index in [0.717, 1.165) is 10.0 Å². The second kappa shape index (κ2) is 32.3. The van der Waals surface area contributed by atoms with E-state index in [-0.39, 0.29) is 102 Å². The lowest BCUT2D eigenvalue weighted by atomic mass is 9.98. The number of benzene rings is 2. The van der Waals surface area contributed by atoms with Gasteiger partial charge in [-0.3, -0.25) is 58.0 Å². The number of hydrogen-bond donors (Lipinski definition) is 10. The SMILES string of the molecule is CC(C)C[C@@H]1NC(=O)[C@H](CCCN)NC(=O)[C@H](C(C)C)NC(=O)[C@@H]2CCCN2C(=O)[C@@H](Cc2ccccc2)N(N)C(=O)[C@H](CC(C)C)NC(=O)[C@H](CCCN)NC(=O)[C@H](C(C)C)NC(=O)[C@@H]2CCCN2C(=O)[C@@H](Cc2ccccc2)N(N)C1=O. The first-order valence-electron chi connectivity index (χ1n) is 29.9. The Kier molecular flexibility index (Phi) is 26.1. The topological polar surface area (TPSA) is 360 Å².